The van der Waals surface area contributed by atoms with Crippen LogP contribution in [0.2, 0.25) is 0 Å². The summed E-state index contributed by atoms with van der Waals surface area (Å²) in [5.41, 5.74) is -0.145. The van der Waals surface area contributed by atoms with Crippen molar-refractivity contribution in [1.82, 2.24) is 15.3 Å². The highest BCUT2D eigenvalue weighted by molar-refractivity contribution is 5.56. The van der Waals surface area contributed by atoms with E-state index in [2.05, 4.69) is 15.3 Å². The summed E-state index contributed by atoms with van der Waals surface area (Å²) in [5, 5.41) is 2.83. The molecule has 0 saturated heterocycles. The van der Waals surface area contributed by atoms with Crippen molar-refractivity contribution in [2.75, 3.05) is 0 Å². The highest BCUT2D eigenvalue weighted by atomic mass is 19.4. The van der Waals surface area contributed by atoms with Gasteiger partial charge >= 0.3 is 6.18 Å². The van der Waals surface area contributed by atoms with Gasteiger partial charge in [0.25, 0.3) is 0 Å². The summed E-state index contributed by atoms with van der Waals surface area (Å²) in [6.45, 7) is 0.378. The first kappa shape index (κ1) is 13.0. The average molecular weight is 283 g/mol. The number of halogens is 4. The van der Waals surface area contributed by atoms with Crippen LogP contribution in [0.25, 0.3) is 11.4 Å². The summed E-state index contributed by atoms with van der Waals surface area (Å²) in [7, 11) is 0. The van der Waals surface area contributed by atoms with Crippen LogP contribution in [-0.2, 0) is 19.3 Å². The van der Waals surface area contributed by atoms with E-state index in [9.17, 15) is 17.6 Å². The predicted octanol–water partition coefficient (Wildman–Crippen LogP) is 2.90. The Bertz CT molecular complexity index is 650. The number of hydrogen-bond donors (Lipinski definition) is 1. The molecule has 0 fully saturated rings. The van der Waals surface area contributed by atoms with E-state index in [1.165, 1.54) is 12.1 Å². The van der Waals surface area contributed by atoms with Crippen LogP contribution in [0.1, 0.15) is 17.0 Å². The molecule has 0 atom stereocenters. The second-order valence-electron chi connectivity index (χ2n) is 4.43. The summed E-state index contributed by atoms with van der Waals surface area (Å²) >= 11 is 0. The highest BCUT2D eigenvalue weighted by Gasteiger charge is 2.38. The minimum Gasteiger partial charge on any atom is -0.307 e. The second kappa shape index (κ2) is 4.52. The van der Waals surface area contributed by atoms with E-state index in [1.54, 1.807) is 0 Å². The summed E-state index contributed by atoms with van der Waals surface area (Å²) in [6.07, 6.45) is -4.53. The van der Waals surface area contributed by atoms with Gasteiger partial charge in [-0.05, 0) is 24.3 Å². The van der Waals surface area contributed by atoms with Crippen molar-refractivity contribution in [2.45, 2.75) is 19.3 Å². The lowest BCUT2D eigenvalue weighted by Crippen LogP contribution is -2.14. The molecule has 0 spiro atoms. The first-order valence-corrected chi connectivity index (χ1v) is 5.89. The zero-order valence-electron chi connectivity index (χ0n) is 10.1. The number of nitrogens with zero attached hydrogens (tertiary/aromatic N) is 2. The standard InChI is InChI=1S/C13H9F4N3/c14-8-3-1-7(2-4-8)12-19-10-6-18-5-9(10)11(20-12)13(15,16)17/h1-4,18H,5-6H2. The fraction of sp³-hybridized carbons (Fsp3) is 0.231. The maximum absolute atomic E-state index is 13.0. The van der Waals surface area contributed by atoms with E-state index < -0.39 is 17.7 Å². The third-order valence-electron chi connectivity index (χ3n) is 3.06. The molecular weight excluding hydrogens is 274 g/mol. The van der Waals surface area contributed by atoms with Gasteiger partial charge in [0.05, 0.1) is 5.69 Å². The molecule has 1 aromatic carbocycles. The molecule has 2 heterocycles. The Morgan fingerprint density at radius 2 is 1.70 bits per heavy atom. The molecule has 0 aliphatic carbocycles. The van der Waals surface area contributed by atoms with Crippen LogP contribution in [0, 0.1) is 5.82 Å². The number of nitrogens with one attached hydrogen (secondary N) is 1. The maximum Gasteiger partial charge on any atom is 0.433 e. The third kappa shape index (κ3) is 2.24. The van der Waals surface area contributed by atoms with E-state index in [-0.39, 0.29) is 24.5 Å². The lowest BCUT2D eigenvalue weighted by atomic mass is 10.1. The molecule has 1 N–H and O–H groups in total. The minimum atomic E-state index is -4.53. The van der Waals surface area contributed by atoms with Crippen molar-refractivity contribution < 1.29 is 17.6 Å². The number of fused-ring (bicyclic) bond motifs is 1. The van der Waals surface area contributed by atoms with Gasteiger partial charge in [0, 0.05) is 24.2 Å². The Hall–Kier alpha value is -2.02. The molecule has 1 aliphatic heterocycles. The van der Waals surface area contributed by atoms with Gasteiger partial charge in [-0.3, -0.25) is 0 Å². The quantitative estimate of drug-likeness (QED) is 0.818. The molecule has 0 bridgehead atoms. The van der Waals surface area contributed by atoms with Gasteiger partial charge < -0.3 is 5.32 Å². The van der Waals surface area contributed by atoms with Gasteiger partial charge in [0.15, 0.2) is 11.5 Å². The van der Waals surface area contributed by atoms with Crippen molar-refractivity contribution in [3.05, 3.63) is 47.0 Å². The van der Waals surface area contributed by atoms with Crippen LogP contribution >= 0.6 is 0 Å². The average Bonchev–Trinajstić information content (AvgIpc) is 2.85. The van der Waals surface area contributed by atoms with Crippen LogP contribution < -0.4 is 5.32 Å². The summed E-state index contributed by atoms with van der Waals surface area (Å²) in [5.74, 6) is -0.507. The third-order valence-corrected chi connectivity index (χ3v) is 3.06. The number of benzene rings is 1. The Morgan fingerprint density at radius 3 is 2.35 bits per heavy atom. The van der Waals surface area contributed by atoms with E-state index in [1.807, 2.05) is 0 Å². The molecular formula is C13H9F4N3. The lowest BCUT2D eigenvalue weighted by molar-refractivity contribution is -0.141. The first-order chi connectivity index (χ1) is 9.45. The fourth-order valence-electron chi connectivity index (χ4n) is 2.13. The van der Waals surface area contributed by atoms with E-state index in [0.29, 0.717) is 11.3 Å². The fourth-order valence-corrected chi connectivity index (χ4v) is 2.13. The first-order valence-electron chi connectivity index (χ1n) is 5.89. The van der Waals surface area contributed by atoms with Crippen molar-refractivity contribution in [3.63, 3.8) is 0 Å². The van der Waals surface area contributed by atoms with Crippen molar-refractivity contribution in [1.29, 1.82) is 0 Å². The van der Waals surface area contributed by atoms with Gasteiger partial charge in [0.1, 0.15) is 5.82 Å². The van der Waals surface area contributed by atoms with Crippen LogP contribution in [0.3, 0.4) is 0 Å². The van der Waals surface area contributed by atoms with Gasteiger partial charge in [0.2, 0.25) is 0 Å². The Kier molecular flexibility index (Phi) is 2.93. The molecule has 1 aliphatic rings. The SMILES string of the molecule is Fc1ccc(-c2nc3c(c(C(F)(F)F)n2)CNC3)cc1. The van der Waals surface area contributed by atoms with E-state index >= 15 is 0 Å². The molecule has 104 valence electrons. The molecule has 0 amide bonds. The second-order valence-corrected chi connectivity index (χ2v) is 4.43. The Balaban J connectivity index is 2.16. The van der Waals surface area contributed by atoms with Crippen LogP contribution in [-0.4, -0.2) is 9.97 Å². The largest absolute Gasteiger partial charge is 0.433 e. The monoisotopic (exact) mass is 283 g/mol. The number of aromatic nitrogens is 2. The normalized spacial score (nSPS) is 14.4. The van der Waals surface area contributed by atoms with Crippen molar-refractivity contribution in [2.24, 2.45) is 0 Å². The van der Waals surface area contributed by atoms with Crippen LogP contribution in [0.4, 0.5) is 17.6 Å². The van der Waals surface area contributed by atoms with Gasteiger partial charge in [-0.1, -0.05) is 0 Å². The zero-order chi connectivity index (χ0) is 14.3. The van der Waals surface area contributed by atoms with Gasteiger partial charge in [-0.25, -0.2) is 14.4 Å². The molecule has 0 unspecified atom stereocenters. The molecule has 3 nitrogen and oxygen atoms in total. The maximum atomic E-state index is 13.0. The number of alkyl halides is 3. The summed E-state index contributed by atoms with van der Waals surface area (Å²) in [4.78, 5) is 7.75. The summed E-state index contributed by atoms with van der Waals surface area (Å²) in [6, 6.07) is 5.05. The van der Waals surface area contributed by atoms with E-state index in [4.69, 9.17) is 0 Å². The van der Waals surface area contributed by atoms with Gasteiger partial charge in [-0.2, -0.15) is 13.2 Å². The molecule has 0 radical (unpaired) electrons. The van der Waals surface area contributed by atoms with Crippen molar-refractivity contribution >= 4 is 0 Å². The predicted molar refractivity (Wildman–Crippen MR) is 63.0 cm³/mol. The smallest absolute Gasteiger partial charge is 0.307 e. The van der Waals surface area contributed by atoms with Crippen molar-refractivity contribution in [3.8, 4) is 11.4 Å². The topological polar surface area (TPSA) is 37.8 Å². The minimum absolute atomic E-state index is 0.0419. The van der Waals surface area contributed by atoms with E-state index in [0.717, 1.165) is 12.1 Å². The lowest BCUT2D eigenvalue weighted by Gasteiger charge is -2.12. The van der Waals surface area contributed by atoms with Gasteiger partial charge in [-0.15, -0.1) is 0 Å². The molecule has 0 saturated carbocycles. The number of hydrogen-bond acceptors (Lipinski definition) is 3. The van der Waals surface area contributed by atoms with Crippen LogP contribution in [0.5, 0.6) is 0 Å². The molecule has 1 aromatic heterocycles. The molecule has 7 heteroatoms. The molecule has 3 rings (SSSR count). The van der Waals surface area contributed by atoms with Crippen LogP contribution in [0.15, 0.2) is 24.3 Å². The molecule has 20 heavy (non-hydrogen) atoms. The Morgan fingerprint density at radius 1 is 1.00 bits per heavy atom. The molecule has 2 aromatic rings. The highest BCUT2D eigenvalue weighted by Crippen LogP contribution is 2.34. The number of rotatable bonds is 1. The summed E-state index contributed by atoms with van der Waals surface area (Å²) < 4.78 is 51.9. The zero-order valence-corrected chi connectivity index (χ0v) is 10.1. The Labute approximate surface area is 111 Å².